The van der Waals surface area contributed by atoms with E-state index in [1.165, 1.54) is 32.9 Å². The summed E-state index contributed by atoms with van der Waals surface area (Å²) in [5.41, 5.74) is 0. The topological polar surface area (TPSA) is 78.0 Å². The summed E-state index contributed by atoms with van der Waals surface area (Å²) in [6, 6.07) is 5.67. The zero-order valence-electron chi connectivity index (χ0n) is 16.0. The Morgan fingerprint density at radius 3 is 1.59 bits per heavy atom. The normalized spacial score (nSPS) is 22.1. The molecule has 0 radical (unpaired) electrons. The Labute approximate surface area is 163 Å². The predicted molar refractivity (Wildman–Crippen MR) is 104 cm³/mol. The van der Waals surface area contributed by atoms with Crippen LogP contribution in [0, 0.1) is 5.92 Å². The summed E-state index contributed by atoms with van der Waals surface area (Å²) in [4.78, 5) is 2.52. The molecule has 0 bridgehead atoms. The third-order valence-electron chi connectivity index (χ3n) is 5.62. The van der Waals surface area contributed by atoms with E-state index in [0.29, 0.717) is 32.1 Å². The minimum Gasteiger partial charge on any atom is -0.301 e. The summed E-state index contributed by atoms with van der Waals surface area (Å²) in [5, 5.41) is 0. The van der Waals surface area contributed by atoms with Gasteiger partial charge in [0, 0.05) is 39.3 Å². The average molecular weight is 416 g/mol. The lowest BCUT2D eigenvalue weighted by Gasteiger charge is -2.33. The quantitative estimate of drug-likeness (QED) is 0.727. The van der Waals surface area contributed by atoms with Crippen molar-refractivity contribution in [2.75, 3.05) is 45.8 Å². The van der Waals surface area contributed by atoms with Crippen molar-refractivity contribution in [1.82, 2.24) is 13.5 Å². The first kappa shape index (κ1) is 20.7. The molecular formula is C18H29N3O4S2. The van der Waals surface area contributed by atoms with Crippen LogP contribution in [-0.4, -0.2) is 76.2 Å². The molecule has 7 nitrogen and oxygen atoms in total. The molecule has 1 aromatic rings. The van der Waals surface area contributed by atoms with Gasteiger partial charge in [-0.2, -0.15) is 8.61 Å². The lowest BCUT2D eigenvalue weighted by molar-refractivity contribution is 0.196. The first-order valence-electron chi connectivity index (χ1n) is 9.58. The van der Waals surface area contributed by atoms with E-state index in [9.17, 15) is 16.8 Å². The van der Waals surface area contributed by atoms with Crippen molar-refractivity contribution in [1.29, 1.82) is 0 Å². The second-order valence-electron chi connectivity index (χ2n) is 7.40. The van der Waals surface area contributed by atoms with Crippen LogP contribution >= 0.6 is 0 Å². The van der Waals surface area contributed by atoms with Gasteiger partial charge in [0.2, 0.25) is 20.0 Å². The molecule has 0 aliphatic carbocycles. The predicted octanol–water partition coefficient (Wildman–Crippen LogP) is 1.43. The second kappa shape index (κ2) is 8.16. The molecule has 2 heterocycles. The minimum atomic E-state index is -3.59. The Hall–Kier alpha value is -1.00. The van der Waals surface area contributed by atoms with E-state index in [2.05, 4.69) is 18.7 Å². The third kappa shape index (κ3) is 4.37. The van der Waals surface area contributed by atoms with Gasteiger partial charge in [0.25, 0.3) is 0 Å². The third-order valence-corrected chi connectivity index (χ3v) is 9.45. The number of benzene rings is 1. The van der Waals surface area contributed by atoms with Gasteiger partial charge >= 0.3 is 0 Å². The molecule has 1 aromatic carbocycles. The van der Waals surface area contributed by atoms with Crippen molar-refractivity contribution in [2.45, 2.75) is 36.5 Å². The van der Waals surface area contributed by atoms with Crippen molar-refractivity contribution in [3.05, 3.63) is 24.3 Å². The molecule has 0 saturated carbocycles. The van der Waals surface area contributed by atoms with Crippen LogP contribution in [-0.2, 0) is 20.0 Å². The summed E-state index contributed by atoms with van der Waals surface area (Å²) in [7, 11) is -7.15. The molecule has 0 spiro atoms. The molecule has 2 aliphatic rings. The standard InChI is InChI=1S/C18H29N3O4S2/c1-3-19-12-14-21(15-13-19)27(24,25)18-6-4-17(5-7-18)26(22,23)20-10-8-16(2)9-11-20/h4-7,16H,3,8-15H2,1-2H3. The summed E-state index contributed by atoms with van der Waals surface area (Å²) >= 11 is 0. The monoisotopic (exact) mass is 415 g/mol. The largest absolute Gasteiger partial charge is 0.301 e. The summed E-state index contributed by atoms with van der Waals surface area (Å²) < 4.78 is 54.2. The number of piperazine rings is 1. The van der Waals surface area contributed by atoms with Gasteiger partial charge in [0.1, 0.15) is 0 Å². The van der Waals surface area contributed by atoms with Gasteiger partial charge in [-0.1, -0.05) is 13.8 Å². The first-order valence-corrected chi connectivity index (χ1v) is 12.5. The molecule has 2 saturated heterocycles. The van der Waals surface area contributed by atoms with Crippen LogP contribution in [0.3, 0.4) is 0 Å². The van der Waals surface area contributed by atoms with Crippen molar-refractivity contribution in [3.8, 4) is 0 Å². The molecule has 9 heteroatoms. The van der Waals surface area contributed by atoms with E-state index in [4.69, 9.17) is 0 Å². The van der Waals surface area contributed by atoms with Crippen LogP contribution < -0.4 is 0 Å². The summed E-state index contributed by atoms with van der Waals surface area (Å²) in [5.74, 6) is 0.539. The highest BCUT2D eigenvalue weighted by Crippen LogP contribution is 2.25. The zero-order valence-corrected chi connectivity index (χ0v) is 17.7. The van der Waals surface area contributed by atoms with E-state index >= 15 is 0 Å². The number of nitrogens with zero attached hydrogens (tertiary/aromatic N) is 3. The fourth-order valence-corrected chi connectivity index (χ4v) is 6.48. The van der Waals surface area contributed by atoms with Crippen LogP contribution in [0.1, 0.15) is 26.7 Å². The van der Waals surface area contributed by atoms with Crippen LogP contribution in [0.2, 0.25) is 0 Å². The van der Waals surface area contributed by atoms with E-state index < -0.39 is 20.0 Å². The van der Waals surface area contributed by atoms with Gasteiger partial charge in [-0.05, 0) is 49.6 Å². The van der Waals surface area contributed by atoms with E-state index in [0.717, 1.165) is 32.5 Å². The van der Waals surface area contributed by atoms with Gasteiger partial charge in [0.15, 0.2) is 0 Å². The van der Waals surface area contributed by atoms with Gasteiger partial charge < -0.3 is 4.90 Å². The van der Waals surface area contributed by atoms with Gasteiger partial charge in [-0.15, -0.1) is 0 Å². The lowest BCUT2D eigenvalue weighted by atomic mass is 10.0. The molecule has 0 N–H and O–H groups in total. The fourth-order valence-electron chi connectivity index (χ4n) is 3.59. The summed E-state index contributed by atoms with van der Waals surface area (Å²) in [6.45, 7) is 8.50. The molecule has 0 aromatic heterocycles. The molecule has 2 fully saturated rings. The van der Waals surface area contributed by atoms with E-state index in [1.54, 1.807) is 0 Å². The van der Waals surface area contributed by atoms with Crippen LogP contribution in [0.15, 0.2) is 34.1 Å². The number of likely N-dealkylation sites (N-methyl/N-ethyl adjacent to an activating group) is 1. The smallest absolute Gasteiger partial charge is 0.243 e. The Kier molecular flexibility index (Phi) is 6.27. The molecule has 27 heavy (non-hydrogen) atoms. The number of hydrogen-bond donors (Lipinski definition) is 0. The Bertz CT molecular complexity index is 837. The van der Waals surface area contributed by atoms with Gasteiger partial charge in [0.05, 0.1) is 9.79 Å². The van der Waals surface area contributed by atoms with Crippen LogP contribution in [0.4, 0.5) is 0 Å². The lowest BCUT2D eigenvalue weighted by Crippen LogP contribution is -2.48. The Morgan fingerprint density at radius 1 is 0.778 bits per heavy atom. The number of hydrogen-bond acceptors (Lipinski definition) is 5. The molecule has 3 rings (SSSR count). The van der Waals surface area contributed by atoms with Crippen LogP contribution in [0.25, 0.3) is 0 Å². The van der Waals surface area contributed by atoms with Crippen molar-refractivity contribution in [3.63, 3.8) is 0 Å². The van der Waals surface area contributed by atoms with E-state index in [1.807, 2.05) is 0 Å². The Balaban J connectivity index is 1.75. The maximum Gasteiger partial charge on any atom is 0.243 e. The second-order valence-corrected chi connectivity index (χ2v) is 11.3. The van der Waals surface area contributed by atoms with Gasteiger partial charge in [-0.25, -0.2) is 16.8 Å². The highest BCUT2D eigenvalue weighted by atomic mass is 32.2. The van der Waals surface area contributed by atoms with Crippen LogP contribution in [0.5, 0.6) is 0 Å². The van der Waals surface area contributed by atoms with Crippen molar-refractivity contribution >= 4 is 20.0 Å². The van der Waals surface area contributed by atoms with Gasteiger partial charge in [-0.3, -0.25) is 0 Å². The molecule has 0 unspecified atom stereocenters. The van der Waals surface area contributed by atoms with E-state index in [-0.39, 0.29) is 9.79 Å². The summed E-state index contributed by atoms with van der Waals surface area (Å²) in [6.07, 6.45) is 1.71. The highest BCUT2D eigenvalue weighted by Gasteiger charge is 2.30. The number of rotatable bonds is 5. The SMILES string of the molecule is CCN1CCN(S(=O)(=O)c2ccc(S(=O)(=O)N3CCC(C)CC3)cc2)CC1. The average Bonchev–Trinajstić information content (AvgIpc) is 2.68. The Morgan fingerprint density at radius 2 is 1.19 bits per heavy atom. The fraction of sp³-hybridized carbons (Fsp3) is 0.667. The zero-order chi connectivity index (χ0) is 19.7. The molecule has 2 aliphatic heterocycles. The maximum atomic E-state index is 12.8. The minimum absolute atomic E-state index is 0.152. The number of piperidine rings is 1. The molecular weight excluding hydrogens is 386 g/mol. The molecule has 0 amide bonds. The maximum absolute atomic E-state index is 12.8. The molecule has 152 valence electrons. The highest BCUT2D eigenvalue weighted by molar-refractivity contribution is 7.89. The first-order chi connectivity index (χ1) is 12.7. The van der Waals surface area contributed by atoms with Crippen molar-refractivity contribution < 1.29 is 16.8 Å². The van der Waals surface area contributed by atoms with Crippen molar-refractivity contribution in [2.24, 2.45) is 5.92 Å². The molecule has 0 atom stereocenters. The number of sulfonamides is 2.